The van der Waals surface area contributed by atoms with E-state index in [0.29, 0.717) is 0 Å². The molecule has 6 nitrogen and oxygen atoms in total. The summed E-state index contributed by atoms with van der Waals surface area (Å²) in [5, 5.41) is 20.7. The molecule has 0 saturated carbocycles. The number of nitrogens with zero attached hydrogens (tertiary/aromatic N) is 1. The number of hydrogen-bond acceptors (Lipinski definition) is 5. The number of carboxylic acids is 1. The molecule has 1 amide bonds. The Kier molecular flexibility index (Phi) is 5.77. The Morgan fingerprint density at radius 1 is 1.23 bits per heavy atom. The summed E-state index contributed by atoms with van der Waals surface area (Å²) in [7, 11) is 0. The van der Waals surface area contributed by atoms with E-state index in [2.05, 4.69) is 11.9 Å². The molecule has 0 spiro atoms. The van der Waals surface area contributed by atoms with Gasteiger partial charge in [-0.3, -0.25) is 9.69 Å². The largest absolute Gasteiger partial charge is 0.507 e. The van der Waals surface area contributed by atoms with Gasteiger partial charge in [0.15, 0.2) is 0 Å². The summed E-state index contributed by atoms with van der Waals surface area (Å²) < 4.78 is 39.0. The van der Waals surface area contributed by atoms with Crippen LogP contribution in [0, 0.1) is 0 Å². The van der Waals surface area contributed by atoms with Crippen LogP contribution >= 0.6 is 24.0 Å². The monoisotopic (exact) mass is 454 g/mol. The maximum Gasteiger partial charge on any atom is 0.416 e. The van der Waals surface area contributed by atoms with Gasteiger partial charge in [-0.2, -0.15) is 13.2 Å². The van der Waals surface area contributed by atoms with Gasteiger partial charge in [0.05, 0.1) is 16.3 Å². The maximum absolute atomic E-state index is 13.0. The van der Waals surface area contributed by atoms with Gasteiger partial charge in [-0.25, -0.2) is 4.79 Å². The van der Waals surface area contributed by atoms with Gasteiger partial charge in [0.25, 0.3) is 5.91 Å². The average Bonchev–Trinajstić information content (AvgIpc) is 2.95. The highest BCUT2D eigenvalue weighted by Gasteiger charge is 2.40. The lowest BCUT2D eigenvalue weighted by Crippen LogP contribution is -2.35. The quantitative estimate of drug-likeness (QED) is 0.588. The SMILES string of the molecule is C=C1SC(C(=S)Nc2ccc(C(=O)O)c(O)c2)C(=O)N1c1cccc(C(F)(F)F)c1. The number of halogens is 3. The number of thiocarbonyl (C=S) groups is 1. The fraction of sp³-hybridized carbons (Fsp3) is 0.105. The highest BCUT2D eigenvalue weighted by Crippen LogP contribution is 2.40. The van der Waals surface area contributed by atoms with E-state index in [0.717, 1.165) is 34.9 Å². The molecule has 1 aliphatic rings. The predicted octanol–water partition coefficient (Wildman–Crippen LogP) is 4.47. The highest BCUT2D eigenvalue weighted by molar-refractivity contribution is 8.06. The van der Waals surface area contributed by atoms with E-state index in [1.807, 2.05) is 0 Å². The van der Waals surface area contributed by atoms with Crippen LogP contribution < -0.4 is 10.2 Å². The van der Waals surface area contributed by atoms with Crippen LogP contribution in [-0.2, 0) is 11.0 Å². The number of rotatable bonds is 4. The molecule has 3 N–H and O–H groups in total. The van der Waals surface area contributed by atoms with E-state index in [-0.39, 0.29) is 27.0 Å². The van der Waals surface area contributed by atoms with Gasteiger partial charge in [0, 0.05) is 11.8 Å². The Bertz CT molecular complexity index is 1070. The van der Waals surface area contributed by atoms with E-state index in [4.69, 9.17) is 17.3 Å². The normalized spacial score (nSPS) is 16.6. The Hall–Kier alpha value is -3.05. The molecule has 1 heterocycles. The molecule has 0 aliphatic carbocycles. The van der Waals surface area contributed by atoms with Crippen LogP contribution in [0.1, 0.15) is 15.9 Å². The number of alkyl halides is 3. The number of carboxylic acid groups (broad SMARTS) is 1. The molecule has 11 heteroatoms. The zero-order valence-corrected chi connectivity index (χ0v) is 16.6. The Morgan fingerprint density at radius 2 is 1.93 bits per heavy atom. The van der Waals surface area contributed by atoms with Crippen molar-refractivity contribution < 1.29 is 33.0 Å². The standard InChI is InChI=1S/C19H13F3N2O4S2/c1-9-24(12-4-2-3-10(7-12)19(20,21)22)17(26)15(30-9)16(29)23-11-5-6-13(18(27)28)14(25)8-11/h2-8,15,25H,1H2,(H,23,29)(H,27,28). The van der Waals surface area contributed by atoms with Crippen molar-refractivity contribution in [1.29, 1.82) is 0 Å². The summed E-state index contributed by atoms with van der Waals surface area (Å²) in [6.07, 6.45) is -4.56. The van der Waals surface area contributed by atoms with Gasteiger partial charge < -0.3 is 15.5 Å². The molecule has 1 unspecified atom stereocenters. The second-order valence-corrected chi connectivity index (χ2v) is 7.76. The number of nitrogens with one attached hydrogen (secondary N) is 1. The van der Waals surface area contributed by atoms with Crippen molar-refractivity contribution in [2.75, 3.05) is 10.2 Å². The molecule has 0 radical (unpaired) electrons. The number of phenols is 1. The van der Waals surface area contributed by atoms with E-state index < -0.39 is 34.6 Å². The van der Waals surface area contributed by atoms with Crippen molar-refractivity contribution in [3.8, 4) is 5.75 Å². The first-order valence-electron chi connectivity index (χ1n) is 8.23. The van der Waals surface area contributed by atoms with Crippen LogP contribution in [0.4, 0.5) is 24.5 Å². The zero-order chi connectivity index (χ0) is 22.2. The second kappa shape index (κ2) is 8.00. The molecule has 156 valence electrons. The number of aromatic hydroxyl groups is 1. The van der Waals surface area contributed by atoms with Gasteiger partial charge in [-0.15, -0.1) is 0 Å². The second-order valence-electron chi connectivity index (χ2n) is 6.14. The van der Waals surface area contributed by atoms with E-state index in [1.165, 1.54) is 24.3 Å². The highest BCUT2D eigenvalue weighted by atomic mass is 32.2. The minimum absolute atomic E-state index is 0.0149. The zero-order valence-electron chi connectivity index (χ0n) is 14.9. The molecule has 2 aromatic carbocycles. The third kappa shape index (κ3) is 4.26. The van der Waals surface area contributed by atoms with Gasteiger partial charge in [-0.05, 0) is 30.3 Å². The fourth-order valence-electron chi connectivity index (χ4n) is 2.74. The minimum Gasteiger partial charge on any atom is -0.507 e. The molecule has 0 bridgehead atoms. The van der Waals surface area contributed by atoms with E-state index >= 15 is 0 Å². The third-order valence-electron chi connectivity index (χ3n) is 4.11. The number of thioether (sulfide) groups is 1. The van der Waals surface area contributed by atoms with Gasteiger partial charge in [0.1, 0.15) is 21.6 Å². The van der Waals surface area contributed by atoms with Crippen LogP contribution in [0.15, 0.2) is 54.1 Å². The first kappa shape index (κ1) is 21.7. The van der Waals surface area contributed by atoms with Crippen LogP contribution in [-0.4, -0.2) is 32.3 Å². The van der Waals surface area contributed by atoms with Crippen molar-refractivity contribution in [3.63, 3.8) is 0 Å². The van der Waals surface area contributed by atoms with Gasteiger partial charge in [-0.1, -0.05) is 36.6 Å². The number of anilines is 2. The number of amides is 1. The molecule has 1 fully saturated rings. The molecule has 0 aromatic heterocycles. The first-order chi connectivity index (χ1) is 14.0. The average molecular weight is 454 g/mol. The van der Waals surface area contributed by atoms with E-state index in [1.54, 1.807) is 0 Å². The van der Waals surface area contributed by atoms with Crippen LogP contribution in [0.25, 0.3) is 0 Å². The Balaban J connectivity index is 1.80. The van der Waals surface area contributed by atoms with Crippen LogP contribution in [0.3, 0.4) is 0 Å². The molecule has 2 aromatic rings. The lowest BCUT2D eigenvalue weighted by atomic mass is 10.1. The predicted molar refractivity (Wildman–Crippen MR) is 111 cm³/mol. The topological polar surface area (TPSA) is 89.9 Å². The minimum atomic E-state index is -4.56. The van der Waals surface area contributed by atoms with Crippen LogP contribution in [0.2, 0.25) is 0 Å². The molecule has 3 rings (SSSR count). The number of hydrogen-bond donors (Lipinski definition) is 3. The number of benzene rings is 2. The summed E-state index contributed by atoms with van der Waals surface area (Å²) in [6, 6.07) is 7.97. The van der Waals surface area contributed by atoms with Crippen molar-refractivity contribution in [2.45, 2.75) is 11.4 Å². The summed E-state index contributed by atoms with van der Waals surface area (Å²) >= 11 is 6.21. The summed E-state index contributed by atoms with van der Waals surface area (Å²) in [6.45, 7) is 3.73. The van der Waals surface area contributed by atoms with Crippen molar-refractivity contribution >= 4 is 52.2 Å². The van der Waals surface area contributed by atoms with Gasteiger partial charge in [0.2, 0.25) is 0 Å². The summed E-state index contributed by atoms with van der Waals surface area (Å²) in [4.78, 5) is 24.9. The number of carbonyl (C=O) groups excluding carboxylic acids is 1. The number of carbonyl (C=O) groups is 2. The van der Waals surface area contributed by atoms with Crippen molar-refractivity contribution in [3.05, 3.63) is 65.2 Å². The first-order valence-corrected chi connectivity index (χ1v) is 9.52. The van der Waals surface area contributed by atoms with Crippen LogP contribution in [0.5, 0.6) is 5.75 Å². The molecule has 1 saturated heterocycles. The Labute approximate surface area is 178 Å². The lowest BCUT2D eigenvalue weighted by molar-refractivity contribution is -0.137. The third-order valence-corrected chi connectivity index (χ3v) is 5.73. The lowest BCUT2D eigenvalue weighted by Gasteiger charge is -2.18. The summed E-state index contributed by atoms with van der Waals surface area (Å²) in [5.41, 5.74) is -0.939. The fourth-order valence-corrected chi connectivity index (χ4v) is 4.04. The molecule has 1 atom stereocenters. The molecular formula is C19H13F3N2O4S2. The Morgan fingerprint density at radius 3 is 2.53 bits per heavy atom. The summed E-state index contributed by atoms with van der Waals surface area (Å²) in [5.74, 6) is -2.37. The molecule has 30 heavy (non-hydrogen) atoms. The van der Waals surface area contributed by atoms with Crippen molar-refractivity contribution in [1.82, 2.24) is 0 Å². The van der Waals surface area contributed by atoms with Crippen molar-refractivity contribution in [2.24, 2.45) is 0 Å². The molecule has 1 aliphatic heterocycles. The van der Waals surface area contributed by atoms with E-state index in [9.17, 15) is 27.9 Å². The maximum atomic E-state index is 13.0. The van der Waals surface area contributed by atoms with Gasteiger partial charge >= 0.3 is 12.1 Å². The molecular weight excluding hydrogens is 441 g/mol. The number of aromatic carboxylic acids is 1. The smallest absolute Gasteiger partial charge is 0.416 e.